The molecule has 0 spiro atoms. The van der Waals surface area contributed by atoms with Crippen molar-refractivity contribution in [3.8, 4) is 0 Å². The van der Waals surface area contributed by atoms with Crippen molar-refractivity contribution < 1.29 is 4.79 Å². The summed E-state index contributed by atoms with van der Waals surface area (Å²) in [5.41, 5.74) is 0. The minimum absolute atomic E-state index is 0.131. The Morgan fingerprint density at radius 1 is 1.35 bits per heavy atom. The lowest BCUT2D eigenvalue weighted by atomic mass is 10.1. The van der Waals surface area contributed by atoms with Crippen LogP contribution in [0.1, 0.15) is 38.6 Å². The lowest BCUT2D eigenvalue weighted by molar-refractivity contribution is -0.124. The molecule has 4 heteroatoms. The monoisotopic (exact) mass is 233 g/mol. The molecule has 0 bridgehead atoms. The molecule has 3 rings (SSSR count). The van der Waals surface area contributed by atoms with Crippen LogP contribution in [0.5, 0.6) is 0 Å². The maximum Gasteiger partial charge on any atom is 0.243 e. The first-order chi connectivity index (χ1) is 8.25. The van der Waals surface area contributed by atoms with Gasteiger partial charge in [-0.2, -0.15) is 0 Å². The maximum absolute atomic E-state index is 12.2. The van der Waals surface area contributed by atoms with Crippen LogP contribution in [0.15, 0.2) is 18.7 Å². The third kappa shape index (κ3) is 2.35. The van der Waals surface area contributed by atoms with Gasteiger partial charge in [0.25, 0.3) is 0 Å². The van der Waals surface area contributed by atoms with Crippen LogP contribution in [0, 0.1) is 11.8 Å². The van der Waals surface area contributed by atoms with Gasteiger partial charge in [0, 0.05) is 18.4 Å². The van der Waals surface area contributed by atoms with E-state index in [1.54, 1.807) is 12.5 Å². The third-order valence-electron chi connectivity index (χ3n) is 3.92. The molecule has 0 radical (unpaired) electrons. The van der Waals surface area contributed by atoms with E-state index >= 15 is 0 Å². The van der Waals surface area contributed by atoms with Crippen molar-refractivity contribution in [1.82, 2.24) is 14.9 Å². The normalized spacial score (nSPS) is 21.5. The zero-order valence-corrected chi connectivity index (χ0v) is 10.2. The van der Waals surface area contributed by atoms with E-state index in [9.17, 15) is 4.79 Å². The topological polar surface area (TPSA) is 46.9 Å². The molecule has 1 heterocycles. The number of nitrogens with one attached hydrogen (secondary N) is 1. The SMILES string of the molecule is CC(C(=O)NC(C1CC1)C1CC1)n1ccnc1. The Morgan fingerprint density at radius 3 is 2.47 bits per heavy atom. The van der Waals surface area contributed by atoms with E-state index in [1.807, 2.05) is 17.7 Å². The quantitative estimate of drug-likeness (QED) is 0.842. The number of aromatic nitrogens is 2. The largest absolute Gasteiger partial charge is 0.351 e. The molecule has 0 saturated heterocycles. The van der Waals surface area contributed by atoms with Crippen molar-refractivity contribution in [2.75, 3.05) is 0 Å². The Hall–Kier alpha value is -1.32. The van der Waals surface area contributed by atoms with Gasteiger partial charge in [-0.15, -0.1) is 0 Å². The summed E-state index contributed by atoms with van der Waals surface area (Å²) >= 11 is 0. The lowest BCUT2D eigenvalue weighted by Gasteiger charge is -2.21. The van der Waals surface area contributed by atoms with Gasteiger partial charge in [-0.05, 0) is 44.4 Å². The van der Waals surface area contributed by atoms with E-state index in [1.165, 1.54) is 25.7 Å². The second-order valence-electron chi connectivity index (χ2n) is 5.40. The lowest BCUT2D eigenvalue weighted by Crippen LogP contribution is -2.41. The molecule has 1 aromatic rings. The van der Waals surface area contributed by atoms with E-state index in [4.69, 9.17) is 0 Å². The molecular weight excluding hydrogens is 214 g/mol. The molecule has 1 atom stereocenters. The van der Waals surface area contributed by atoms with Crippen LogP contribution in [0.2, 0.25) is 0 Å². The summed E-state index contributed by atoms with van der Waals surface area (Å²) in [5, 5.41) is 3.24. The second-order valence-corrected chi connectivity index (χ2v) is 5.40. The van der Waals surface area contributed by atoms with Crippen LogP contribution in [0.3, 0.4) is 0 Å². The molecule has 2 aliphatic carbocycles. The highest BCUT2D eigenvalue weighted by atomic mass is 16.2. The first-order valence-electron chi connectivity index (χ1n) is 6.53. The van der Waals surface area contributed by atoms with Crippen molar-refractivity contribution in [1.29, 1.82) is 0 Å². The number of hydrogen-bond acceptors (Lipinski definition) is 2. The minimum Gasteiger partial charge on any atom is -0.351 e. The number of carbonyl (C=O) groups excluding carboxylic acids is 1. The number of hydrogen-bond donors (Lipinski definition) is 1. The standard InChI is InChI=1S/C13H19N3O/c1-9(16-7-6-14-8-16)13(17)15-12(10-2-3-10)11-4-5-11/h6-12H,2-5H2,1H3,(H,15,17). The Labute approximate surface area is 101 Å². The van der Waals surface area contributed by atoms with Crippen LogP contribution in [-0.4, -0.2) is 21.5 Å². The molecule has 1 N–H and O–H groups in total. The smallest absolute Gasteiger partial charge is 0.243 e. The zero-order chi connectivity index (χ0) is 11.8. The minimum atomic E-state index is -0.155. The van der Waals surface area contributed by atoms with Gasteiger partial charge in [0.2, 0.25) is 5.91 Å². The summed E-state index contributed by atoms with van der Waals surface area (Å²) < 4.78 is 1.85. The van der Waals surface area contributed by atoms with E-state index in [2.05, 4.69) is 10.3 Å². The first-order valence-corrected chi connectivity index (χ1v) is 6.53. The fourth-order valence-electron chi connectivity index (χ4n) is 2.45. The number of carbonyl (C=O) groups is 1. The fraction of sp³-hybridized carbons (Fsp3) is 0.692. The van der Waals surface area contributed by atoms with Crippen molar-refractivity contribution in [2.45, 2.75) is 44.7 Å². The Kier molecular flexibility index (Phi) is 2.65. The summed E-state index contributed by atoms with van der Waals surface area (Å²) in [7, 11) is 0. The summed E-state index contributed by atoms with van der Waals surface area (Å²) in [6.07, 6.45) is 10.4. The molecule has 0 aromatic carbocycles. The summed E-state index contributed by atoms with van der Waals surface area (Å²) in [5.74, 6) is 1.63. The predicted molar refractivity (Wildman–Crippen MR) is 64.3 cm³/mol. The zero-order valence-electron chi connectivity index (χ0n) is 10.2. The third-order valence-corrected chi connectivity index (χ3v) is 3.92. The van der Waals surface area contributed by atoms with Crippen molar-refractivity contribution in [2.24, 2.45) is 11.8 Å². The van der Waals surface area contributed by atoms with Crippen molar-refractivity contribution in [3.63, 3.8) is 0 Å². The van der Waals surface area contributed by atoms with Crippen LogP contribution in [0.4, 0.5) is 0 Å². The number of amides is 1. The average Bonchev–Trinajstić information content (AvgIpc) is 3.25. The molecule has 2 aliphatic rings. The number of imidazole rings is 1. The van der Waals surface area contributed by atoms with Gasteiger partial charge >= 0.3 is 0 Å². The van der Waals surface area contributed by atoms with E-state index in [-0.39, 0.29) is 11.9 Å². The molecule has 2 saturated carbocycles. The summed E-state index contributed by atoms with van der Waals surface area (Å²) in [6.45, 7) is 1.92. The maximum atomic E-state index is 12.2. The molecule has 17 heavy (non-hydrogen) atoms. The number of nitrogens with zero attached hydrogens (tertiary/aromatic N) is 2. The van der Waals surface area contributed by atoms with Crippen LogP contribution < -0.4 is 5.32 Å². The molecule has 1 unspecified atom stereocenters. The highest BCUT2D eigenvalue weighted by Crippen LogP contribution is 2.44. The summed E-state index contributed by atoms with van der Waals surface area (Å²) in [4.78, 5) is 16.1. The molecule has 1 aromatic heterocycles. The van der Waals surface area contributed by atoms with Gasteiger partial charge in [-0.3, -0.25) is 4.79 Å². The highest BCUT2D eigenvalue weighted by molar-refractivity contribution is 5.80. The van der Waals surface area contributed by atoms with Crippen molar-refractivity contribution >= 4 is 5.91 Å². The van der Waals surface area contributed by atoms with E-state index in [0.717, 1.165) is 11.8 Å². The molecule has 92 valence electrons. The van der Waals surface area contributed by atoms with Gasteiger partial charge < -0.3 is 9.88 Å². The Morgan fingerprint density at radius 2 is 2.00 bits per heavy atom. The average molecular weight is 233 g/mol. The molecule has 1 amide bonds. The van der Waals surface area contributed by atoms with Gasteiger partial charge in [-0.25, -0.2) is 4.98 Å². The van der Waals surface area contributed by atoms with E-state index in [0.29, 0.717) is 6.04 Å². The van der Waals surface area contributed by atoms with Gasteiger partial charge in [0.15, 0.2) is 0 Å². The molecular formula is C13H19N3O. The predicted octanol–water partition coefficient (Wildman–Crippen LogP) is 1.75. The van der Waals surface area contributed by atoms with Crippen LogP contribution in [-0.2, 0) is 4.79 Å². The van der Waals surface area contributed by atoms with Gasteiger partial charge in [0.05, 0.1) is 6.33 Å². The Balaban J connectivity index is 1.61. The number of rotatable bonds is 5. The highest BCUT2D eigenvalue weighted by Gasteiger charge is 2.42. The van der Waals surface area contributed by atoms with Gasteiger partial charge in [0.1, 0.15) is 6.04 Å². The Bertz CT molecular complexity index is 381. The first kappa shape index (κ1) is 10.8. The van der Waals surface area contributed by atoms with E-state index < -0.39 is 0 Å². The van der Waals surface area contributed by atoms with Crippen molar-refractivity contribution in [3.05, 3.63) is 18.7 Å². The van der Waals surface area contributed by atoms with Crippen LogP contribution >= 0.6 is 0 Å². The fourth-order valence-corrected chi connectivity index (χ4v) is 2.45. The molecule has 4 nitrogen and oxygen atoms in total. The molecule has 2 fully saturated rings. The summed E-state index contributed by atoms with van der Waals surface area (Å²) in [6, 6.07) is 0.283. The molecule has 0 aliphatic heterocycles. The van der Waals surface area contributed by atoms with Crippen LogP contribution in [0.25, 0.3) is 0 Å². The second kappa shape index (κ2) is 4.17. The van der Waals surface area contributed by atoms with Gasteiger partial charge in [-0.1, -0.05) is 0 Å².